The number of pyridine rings is 1. The zero-order valence-corrected chi connectivity index (χ0v) is 15.5. The fourth-order valence-corrected chi connectivity index (χ4v) is 3.76. The molecule has 2 aromatic heterocycles. The minimum atomic E-state index is -0.0419. The lowest BCUT2D eigenvalue weighted by molar-refractivity contribution is 0.793. The number of rotatable bonds is 4. The summed E-state index contributed by atoms with van der Waals surface area (Å²) >= 11 is 7.50. The summed E-state index contributed by atoms with van der Waals surface area (Å²) in [5.74, 6) is 1.41. The van der Waals surface area contributed by atoms with Gasteiger partial charge in [0.2, 0.25) is 0 Å². The van der Waals surface area contributed by atoms with E-state index in [1.54, 1.807) is 18.2 Å². The Morgan fingerprint density at radius 2 is 1.92 bits per heavy atom. The summed E-state index contributed by atoms with van der Waals surface area (Å²) in [6, 6.07) is 16.8. The van der Waals surface area contributed by atoms with Gasteiger partial charge >= 0.3 is 0 Å². The zero-order chi connectivity index (χ0) is 18.1. The maximum atomic E-state index is 12.3. The van der Waals surface area contributed by atoms with Crippen molar-refractivity contribution in [1.29, 1.82) is 0 Å². The van der Waals surface area contributed by atoms with Crippen LogP contribution in [0, 0.1) is 0 Å². The molecule has 7 heteroatoms. The molecule has 5 nitrogen and oxygen atoms in total. The molecule has 0 saturated heterocycles. The molecule has 0 unspecified atom stereocenters. The first-order chi connectivity index (χ1) is 12.6. The summed E-state index contributed by atoms with van der Waals surface area (Å²) in [5, 5.41) is 10.5. The molecule has 0 aliphatic carbocycles. The highest BCUT2D eigenvalue weighted by Crippen LogP contribution is 2.25. The molecule has 2 aromatic carbocycles. The second kappa shape index (κ2) is 6.97. The highest BCUT2D eigenvalue weighted by molar-refractivity contribution is 7.98. The lowest BCUT2D eigenvalue weighted by Crippen LogP contribution is -2.04. The molecule has 0 aliphatic rings. The first-order valence-electron chi connectivity index (χ1n) is 8.01. The Labute approximate surface area is 159 Å². The Hall–Kier alpha value is -2.57. The van der Waals surface area contributed by atoms with E-state index in [-0.39, 0.29) is 5.43 Å². The van der Waals surface area contributed by atoms with Gasteiger partial charge in [0.1, 0.15) is 0 Å². The molecule has 0 fully saturated rings. The maximum absolute atomic E-state index is 12.3. The molecule has 0 atom stereocenters. The number of H-pyrrole nitrogens is 1. The number of fused-ring (bicyclic) bond motifs is 1. The summed E-state index contributed by atoms with van der Waals surface area (Å²) in [6.45, 7) is 0. The topological polar surface area (TPSA) is 63.6 Å². The summed E-state index contributed by atoms with van der Waals surface area (Å²) < 4.78 is 1.96. The van der Waals surface area contributed by atoms with Crippen molar-refractivity contribution in [2.75, 3.05) is 0 Å². The molecule has 0 saturated carbocycles. The number of hydrogen-bond donors (Lipinski definition) is 1. The summed E-state index contributed by atoms with van der Waals surface area (Å²) in [6.07, 6.45) is 0. The Kier molecular flexibility index (Phi) is 4.53. The number of nitrogens with one attached hydrogen (secondary N) is 1. The fraction of sp³-hybridized carbons (Fsp3) is 0.105. The molecular weight excluding hydrogens is 368 g/mol. The first-order valence-corrected chi connectivity index (χ1v) is 9.37. The van der Waals surface area contributed by atoms with Crippen LogP contribution in [0.15, 0.2) is 64.5 Å². The van der Waals surface area contributed by atoms with Gasteiger partial charge in [0.25, 0.3) is 0 Å². The molecule has 0 spiro atoms. The molecule has 0 amide bonds. The van der Waals surface area contributed by atoms with Gasteiger partial charge in [0.15, 0.2) is 16.4 Å². The van der Waals surface area contributed by atoms with Crippen LogP contribution in [-0.4, -0.2) is 19.7 Å². The van der Waals surface area contributed by atoms with E-state index >= 15 is 0 Å². The lowest BCUT2D eigenvalue weighted by atomic mass is 10.2. The van der Waals surface area contributed by atoms with Crippen molar-refractivity contribution in [3.8, 4) is 11.4 Å². The van der Waals surface area contributed by atoms with Gasteiger partial charge in [-0.15, -0.1) is 10.2 Å². The van der Waals surface area contributed by atoms with Crippen molar-refractivity contribution in [3.05, 3.63) is 75.5 Å². The number of thioether (sulfide) groups is 1. The van der Waals surface area contributed by atoms with Crippen molar-refractivity contribution < 1.29 is 0 Å². The molecule has 2 heterocycles. The molecule has 130 valence electrons. The predicted octanol–water partition coefficient (Wildman–Crippen LogP) is 4.27. The number of halogens is 1. The Morgan fingerprint density at radius 1 is 1.12 bits per heavy atom. The smallest absolute Gasteiger partial charge is 0.191 e. The minimum absolute atomic E-state index is 0.0419. The molecule has 1 N–H and O–H groups in total. The fourth-order valence-electron chi connectivity index (χ4n) is 2.77. The van der Waals surface area contributed by atoms with E-state index in [0.29, 0.717) is 16.2 Å². The highest BCUT2D eigenvalue weighted by Gasteiger charge is 2.12. The molecular formula is C19H15ClN4OS. The average Bonchev–Trinajstić information content (AvgIpc) is 3.02. The minimum Gasteiger partial charge on any atom is -0.357 e. The third kappa shape index (κ3) is 3.25. The van der Waals surface area contributed by atoms with Gasteiger partial charge < -0.3 is 9.55 Å². The van der Waals surface area contributed by atoms with Crippen molar-refractivity contribution >= 4 is 34.3 Å². The standard InChI is InChI=1S/C19H15ClN4OS/c1-24-18(12-5-3-2-4-6-12)22-23-19(24)26-11-14-10-17(25)15-9-13(20)7-8-16(15)21-14/h2-10H,11H2,1H3,(H,21,25). The SMILES string of the molecule is Cn1c(SCc2cc(=O)c3cc(Cl)ccc3[nH]2)nnc1-c1ccccc1. The molecule has 4 aromatic rings. The zero-order valence-electron chi connectivity index (χ0n) is 13.9. The number of aromatic nitrogens is 4. The van der Waals surface area contributed by atoms with Crippen LogP contribution in [0.3, 0.4) is 0 Å². The quantitative estimate of drug-likeness (QED) is 0.535. The van der Waals surface area contributed by atoms with Crippen LogP contribution in [0.1, 0.15) is 5.69 Å². The number of aromatic amines is 1. The number of benzene rings is 2. The highest BCUT2D eigenvalue weighted by atomic mass is 35.5. The Morgan fingerprint density at radius 3 is 2.73 bits per heavy atom. The van der Waals surface area contributed by atoms with Crippen molar-refractivity contribution in [1.82, 2.24) is 19.7 Å². The van der Waals surface area contributed by atoms with Gasteiger partial charge in [-0.1, -0.05) is 53.7 Å². The van der Waals surface area contributed by atoms with E-state index < -0.39 is 0 Å². The Bertz CT molecular complexity index is 1140. The molecule has 4 rings (SSSR count). The van der Waals surface area contributed by atoms with E-state index in [9.17, 15) is 4.79 Å². The van der Waals surface area contributed by atoms with Gasteiger partial charge in [-0.25, -0.2) is 0 Å². The van der Waals surface area contributed by atoms with E-state index in [0.717, 1.165) is 27.8 Å². The van der Waals surface area contributed by atoms with Gasteiger partial charge in [-0.2, -0.15) is 0 Å². The molecule has 26 heavy (non-hydrogen) atoms. The van der Waals surface area contributed by atoms with Crippen LogP contribution < -0.4 is 5.43 Å². The van der Waals surface area contributed by atoms with E-state index in [2.05, 4.69) is 15.2 Å². The van der Waals surface area contributed by atoms with E-state index in [1.165, 1.54) is 11.8 Å². The second-order valence-electron chi connectivity index (χ2n) is 5.87. The first kappa shape index (κ1) is 16.9. The van der Waals surface area contributed by atoms with Gasteiger partial charge in [0.05, 0.1) is 0 Å². The van der Waals surface area contributed by atoms with Crippen molar-refractivity contribution in [2.24, 2.45) is 7.05 Å². The normalized spacial score (nSPS) is 11.2. The van der Waals surface area contributed by atoms with Crippen LogP contribution in [-0.2, 0) is 12.8 Å². The van der Waals surface area contributed by atoms with Crippen LogP contribution in [0.2, 0.25) is 5.02 Å². The number of nitrogens with zero attached hydrogens (tertiary/aromatic N) is 3. The third-order valence-corrected chi connectivity index (χ3v) is 5.38. The average molecular weight is 383 g/mol. The molecule has 0 aliphatic heterocycles. The van der Waals surface area contributed by atoms with Crippen LogP contribution in [0.25, 0.3) is 22.3 Å². The monoisotopic (exact) mass is 382 g/mol. The van der Waals surface area contributed by atoms with Crippen LogP contribution >= 0.6 is 23.4 Å². The molecule has 0 bridgehead atoms. The summed E-state index contributed by atoms with van der Waals surface area (Å²) in [4.78, 5) is 15.6. The van der Waals surface area contributed by atoms with Gasteiger partial charge in [-0.05, 0) is 18.2 Å². The molecule has 0 radical (unpaired) electrons. The largest absolute Gasteiger partial charge is 0.357 e. The second-order valence-corrected chi connectivity index (χ2v) is 7.25. The third-order valence-electron chi connectivity index (χ3n) is 4.07. The number of hydrogen-bond acceptors (Lipinski definition) is 4. The maximum Gasteiger partial charge on any atom is 0.191 e. The predicted molar refractivity (Wildman–Crippen MR) is 106 cm³/mol. The summed E-state index contributed by atoms with van der Waals surface area (Å²) in [7, 11) is 1.94. The van der Waals surface area contributed by atoms with Crippen molar-refractivity contribution in [2.45, 2.75) is 10.9 Å². The summed E-state index contributed by atoms with van der Waals surface area (Å²) in [5.41, 5.74) is 2.59. The van der Waals surface area contributed by atoms with Crippen molar-refractivity contribution in [3.63, 3.8) is 0 Å². The van der Waals surface area contributed by atoms with E-state index in [4.69, 9.17) is 11.6 Å². The van der Waals surface area contributed by atoms with Gasteiger partial charge in [-0.3, -0.25) is 4.79 Å². The van der Waals surface area contributed by atoms with Crippen LogP contribution in [0.4, 0.5) is 0 Å². The lowest BCUT2D eigenvalue weighted by Gasteiger charge is -2.06. The van der Waals surface area contributed by atoms with Crippen LogP contribution in [0.5, 0.6) is 0 Å². The van der Waals surface area contributed by atoms with E-state index in [1.807, 2.05) is 48.0 Å². The van der Waals surface area contributed by atoms with Gasteiger partial charge in [0, 0.05) is 46.0 Å². The Balaban J connectivity index is 1.58.